The first-order valence-electron chi connectivity index (χ1n) is 5.26. The highest BCUT2D eigenvalue weighted by molar-refractivity contribution is 9.09. The van der Waals surface area contributed by atoms with Crippen LogP contribution >= 0.6 is 15.9 Å². The topological polar surface area (TPSA) is 34.6 Å². The molecule has 0 aromatic carbocycles. The molecule has 0 bridgehead atoms. The van der Waals surface area contributed by atoms with E-state index in [0.29, 0.717) is 0 Å². The van der Waals surface area contributed by atoms with Crippen molar-refractivity contribution >= 4 is 21.7 Å². The van der Waals surface area contributed by atoms with Crippen LogP contribution in [0.25, 0.3) is 0 Å². The summed E-state index contributed by atoms with van der Waals surface area (Å²) in [6, 6.07) is 3.81. The first-order valence-corrected chi connectivity index (χ1v) is 6.39. The van der Waals surface area contributed by atoms with E-state index in [4.69, 9.17) is 9.47 Å². The SMILES string of the molecule is COc1cccnc1N1CCOC(CBr)C1. The van der Waals surface area contributed by atoms with E-state index in [1.807, 2.05) is 12.1 Å². The van der Waals surface area contributed by atoms with Gasteiger partial charge in [0.2, 0.25) is 0 Å². The molecular weight excluding hydrogens is 272 g/mol. The van der Waals surface area contributed by atoms with E-state index < -0.39 is 0 Å². The molecule has 1 saturated heterocycles. The molecule has 2 rings (SSSR count). The van der Waals surface area contributed by atoms with Crippen LogP contribution in [-0.4, -0.2) is 43.2 Å². The molecule has 16 heavy (non-hydrogen) atoms. The summed E-state index contributed by atoms with van der Waals surface area (Å²) in [7, 11) is 1.67. The minimum Gasteiger partial charge on any atom is -0.493 e. The molecule has 0 spiro atoms. The molecule has 88 valence electrons. The van der Waals surface area contributed by atoms with Gasteiger partial charge in [0.1, 0.15) is 0 Å². The van der Waals surface area contributed by atoms with Crippen LogP contribution in [0.3, 0.4) is 0 Å². The number of aromatic nitrogens is 1. The number of hydrogen-bond donors (Lipinski definition) is 0. The molecule has 1 aromatic rings. The molecule has 0 N–H and O–H groups in total. The highest BCUT2D eigenvalue weighted by Crippen LogP contribution is 2.26. The molecule has 4 nitrogen and oxygen atoms in total. The molecule has 2 heterocycles. The minimum atomic E-state index is 0.223. The molecule has 0 saturated carbocycles. The number of alkyl halides is 1. The Morgan fingerprint density at radius 2 is 2.56 bits per heavy atom. The van der Waals surface area contributed by atoms with E-state index in [2.05, 4.69) is 25.8 Å². The first-order chi connectivity index (χ1) is 7.85. The second-order valence-corrected chi connectivity index (χ2v) is 4.27. The van der Waals surface area contributed by atoms with Crippen LogP contribution in [0.1, 0.15) is 0 Å². The van der Waals surface area contributed by atoms with Gasteiger partial charge in [-0.2, -0.15) is 0 Å². The molecule has 0 aliphatic carbocycles. The highest BCUT2D eigenvalue weighted by atomic mass is 79.9. The van der Waals surface area contributed by atoms with Crippen molar-refractivity contribution in [2.45, 2.75) is 6.10 Å². The first kappa shape index (κ1) is 11.7. The summed E-state index contributed by atoms with van der Waals surface area (Å²) in [5.41, 5.74) is 0. The summed E-state index contributed by atoms with van der Waals surface area (Å²) in [6.07, 6.45) is 2.01. The monoisotopic (exact) mass is 286 g/mol. The van der Waals surface area contributed by atoms with Crippen LogP contribution in [-0.2, 0) is 4.74 Å². The molecule has 1 unspecified atom stereocenters. The Morgan fingerprint density at radius 1 is 1.69 bits per heavy atom. The lowest BCUT2D eigenvalue weighted by atomic mass is 10.3. The number of anilines is 1. The number of pyridine rings is 1. The Balaban J connectivity index is 2.16. The summed E-state index contributed by atoms with van der Waals surface area (Å²) >= 11 is 3.44. The van der Waals surface area contributed by atoms with Crippen LogP contribution < -0.4 is 9.64 Å². The summed E-state index contributed by atoms with van der Waals surface area (Å²) in [6.45, 7) is 2.44. The van der Waals surface area contributed by atoms with Crippen molar-refractivity contribution in [2.75, 3.05) is 37.0 Å². The van der Waals surface area contributed by atoms with Gasteiger partial charge in [-0.15, -0.1) is 0 Å². The van der Waals surface area contributed by atoms with Gasteiger partial charge >= 0.3 is 0 Å². The van der Waals surface area contributed by atoms with Crippen LogP contribution in [0.15, 0.2) is 18.3 Å². The van der Waals surface area contributed by atoms with Crippen molar-refractivity contribution in [1.29, 1.82) is 0 Å². The third-order valence-corrected chi connectivity index (χ3v) is 3.30. The van der Waals surface area contributed by atoms with Gasteiger partial charge in [-0.3, -0.25) is 0 Å². The van der Waals surface area contributed by atoms with Gasteiger partial charge in [0.25, 0.3) is 0 Å². The quantitative estimate of drug-likeness (QED) is 0.792. The van der Waals surface area contributed by atoms with Gasteiger partial charge in [-0.05, 0) is 12.1 Å². The second kappa shape index (κ2) is 5.50. The molecule has 5 heteroatoms. The van der Waals surface area contributed by atoms with E-state index in [0.717, 1.165) is 36.6 Å². The molecule has 0 radical (unpaired) electrons. The molecular formula is C11H15BrN2O2. The van der Waals surface area contributed by atoms with Gasteiger partial charge in [-0.25, -0.2) is 4.98 Å². The number of methoxy groups -OCH3 is 1. The Labute approximate surface area is 104 Å². The van der Waals surface area contributed by atoms with Gasteiger partial charge in [0.15, 0.2) is 11.6 Å². The standard InChI is InChI=1S/C11H15BrN2O2/c1-15-10-3-2-4-13-11(10)14-5-6-16-9(7-12)8-14/h2-4,9H,5-8H2,1H3. The van der Waals surface area contributed by atoms with Gasteiger partial charge in [-0.1, -0.05) is 15.9 Å². The number of halogens is 1. The Bertz CT molecular complexity index is 349. The lowest BCUT2D eigenvalue weighted by Crippen LogP contribution is -2.43. The maximum Gasteiger partial charge on any atom is 0.171 e. The maximum atomic E-state index is 5.60. The molecule has 1 aliphatic heterocycles. The summed E-state index contributed by atoms with van der Waals surface area (Å²) in [4.78, 5) is 6.57. The number of rotatable bonds is 3. The maximum absolute atomic E-state index is 5.60. The fourth-order valence-corrected chi connectivity index (χ4v) is 2.18. The summed E-state index contributed by atoms with van der Waals surface area (Å²) < 4.78 is 10.9. The molecule has 1 atom stereocenters. The molecule has 0 amide bonds. The number of morpholine rings is 1. The van der Waals surface area contributed by atoms with Crippen LogP contribution in [0.4, 0.5) is 5.82 Å². The Kier molecular flexibility index (Phi) is 4.01. The van der Waals surface area contributed by atoms with E-state index in [-0.39, 0.29) is 6.10 Å². The third-order valence-electron chi connectivity index (χ3n) is 2.58. The van der Waals surface area contributed by atoms with Crippen LogP contribution in [0, 0.1) is 0 Å². The average molecular weight is 287 g/mol. The predicted molar refractivity (Wildman–Crippen MR) is 66.5 cm³/mol. The van der Waals surface area contributed by atoms with Crippen molar-refractivity contribution in [3.05, 3.63) is 18.3 Å². The molecule has 1 aromatic heterocycles. The van der Waals surface area contributed by atoms with Gasteiger partial charge in [0.05, 0.1) is 19.8 Å². The van der Waals surface area contributed by atoms with Crippen LogP contribution in [0.5, 0.6) is 5.75 Å². The Hall–Kier alpha value is -0.810. The van der Waals surface area contributed by atoms with Crippen molar-refractivity contribution in [2.24, 2.45) is 0 Å². The van der Waals surface area contributed by atoms with Gasteiger partial charge < -0.3 is 14.4 Å². The normalized spacial score (nSPS) is 20.9. The average Bonchev–Trinajstić information content (AvgIpc) is 2.38. The summed E-state index contributed by atoms with van der Waals surface area (Å²) in [5.74, 6) is 1.72. The zero-order chi connectivity index (χ0) is 11.4. The van der Waals surface area contributed by atoms with E-state index in [9.17, 15) is 0 Å². The Morgan fingerprint density at radius 3 is 3.31 bits per heavy atom. The van der Waals surface area contributed by atoms with E-state index in [1.54, 1.807) is 13.3 Å². The van der Waals surface area contributed by atoms with Crippen molar-refractivity contribution < 1.29 is 9.47 Å². The summed E-state index contributed by atoms with van der Waals surface area (Å²) in [5, 5.41) is 0.846. The van der Waals surface area contributed by atoms with Gasteiger partial charge in [0, 0.05) is 24.6 Å². The predicted octanol–water partition coefficient (Wildman–Crippen LogP) is 1.69. The van der Waals surface area contributed by atoms with Crippen molar-refractivity contribution in [3.8, 4) is 5.75 Å². The third kappa shape index (κ3) is 2.47. The fourth-order valence-electron chi connectivity index (χ4n) is 1.78. The van der Waals surface area contributed by atoms with E-state index in [1.165, 1.54) is 0 Å². The highest BCUT2D eigenvalue weighted by Gasteiger charge is 2.22. The zero-order valence-electron chi connectivity index (χ0n) is 9.23. The molecule has 1 aliphatic rings. The van der Waals surface area contributed by atoms with Crippen molar-refractivity contribution in [1.82, 2.24) is 4.98 Å². The largest absolute Gasteiger partial charge is 0.493 e. The van der Waals surface area contributed by atoms with Crippen molar-refractivity contribution in [3.63, 3.8) is 0 Å². The number of ether oxygens (including phenoxy) is 2. The van der Waals surface area contributed by atoms with Crippen LogP contribution in [0.2, 0.25) is 0 Å². The van der Waals surface area contributed by atoms with E-state index >= 15 is 0 Å². The lowest BCUT2D eigenvalue weighted by molar-refractivity contribution is 0.0566. The zero-order valence-corrected chi connectivity index (χ0v) is 10.8. The molecule has 1 fully saturated rings. The smallest absolute Gasteiger partial charge is 0.171 e. The number of hydrogen-bond acceptors (Lipinski definition) is 4. The fraction of sp³-hybridized carbons (Fsp3) is 0.545. The second-order valence-electron chi connectivity index (χ2n) is 3.62. The lowest BCUT2D eigenvalue weighted by Gasteiger charge is -2.33. The minimum absolute atomic E-state index is 0.223. The number of nitrogens with zero attached hydrogens (tertiary/aromatic N) is 2.